The molecule has 7 atom stereocenters. The number of pyridine rings is 9. The summed E-state index contributed by atoms with van der Waals surface area (Å²) in [6, 6.07) is 39.0. The van der Waals surface area contributed by atoms with Gasteiger partial charge in [0.1, 0.15) is 66.1 Å². The lowest BCUT2D eigenvalue weighted by Crippen LogP contribution is -2.68. The van der Waals surface area contributed by atoms with Gasteiger partial charge in [-0.1, -0.05) is 18.2 Å². The third-order valence-corrected chi connectivity index (χ3v) is 25.1. The van der Waals surface area contributed by atoms with Crippen LogP contribution in [0.1, 0.15) is 52.6 Å². The van der Waals surface area contributed by atoms with Crippen molar-refractivity contribution >= 4 is 64.5 Å². The fourth-order valence-corrected chi connectivity index (χ4v) is 17.5. The van der Waals surface area contributed by atoms with Gasteiger partial charge in [-0.15, -0.1) is 0 Å². The topological polar surface area (TPSA) is 361 Å². The summed E-state index contributed by atoms with van der Waals surface area (Å²) in [5.74, 6) is 6.44. The molecule has 32 nitrogen and oxygen atoms in total. The van der Waals surface area contributed by atoms with E-state index >= 15 is 0 Å². The van der Waals surface area contributed by atoms with E-state index in [1.807, 2.05) is 85.5 Å². The maximum absolute atomic E-state index is 11.5. The number of hydrogen-bond donors (Lipinski definition) is 0. The number of nitriles is 3. The minimum Gasteiger partial charge on any atom is -0.491 e. The van der Waals surface area contributed by atoms with Gasteiger partial charge in [0.05, 0.1) is 116 Å². The van der Waals surface area contributed by atoms with Gasteiger partial charge >= 0.3 is 0 Å². The highest BCUT2D eigenvalue weighted by molar-refractivity contribution is 7.90. The molecule has 35 heteroatoms. The van der Waals surface area contributed by atoms with Crippen molar-refractivity contribution in [1.82, 2.24) is 73.4 Å². The lowest BCUT2D eigenvalue weighted by atomic mass is 9.87. The third-order valence-electron chi connectivity index (χ3n) is 22.5. The Morgan fingerprint density at radius 3 is 0.958 bits per heavy atom. The molecule has 0 aromatic carbocycles. The van der Waals surface area contributed by atoms with Gasteiger partial charge < -0.3 is 43.1 Å². The van der Waals surface area contributed by atoms with Crippen molar-refractivity contribution in [2.24, 2.45) is 0 Å². The maximum atomic E-state index is 11.5. The molecule has 9 saturated heterocycles. The molecule has 0 N–H and O–H groups in total. The Morgan fingerprint density at radius 1 is 0.412 bits per heavy atom. The lowest BCUT2D eigenvalue weighted by Gasteiger charge is -2.56. The number of fused-ring (bicyclic) bond motifs is 9. The molecule has 12 aromatic heterocycles. The van der Waals surface area contributed by atoms with E-state index in [9.17, 15) is 36.8 Å². The Bertz CT molecular complexity index is 5800. The second-order valence-corrected chi connectivity index (χ2v) is 36.5. The van der Waals surface area contributed by atoms with E-state index in [1.165, 1.54) is 60.9 Å². The number of piperazine rings is 3. The summed E-state index contributed by atoms with van der Waals surface area (Å²) in [6.07, 6.45) is 28.3. The molecule has 0 saturated carbocycles. The molecule has 7 unspecified atom stereocenters. The van der Waals surface area contributed by atoms with Gasteiger partial charge in [0.25, 0.3) is 0 Å². The Morgan fingerprint density at radius 2 is 0.714 bits per heavy atom. The first kappa shape index (κ1) is 80.4. The first-order valence-corrected chi connectivity index (χ1v) is 44.7. The average molecular weight is 1660 g/mol. The zero-order valence-electron chi connectivity index (χ0n) is 66.4. The van der Waals surface area contributed by atoms with E-state index in [-0.39, 0.29) is 24.7 Å². The Hall–Kier alpha value is -12.4. The van der Waals surface area contributed by atoms with E-state index in [0.29, 0.717) is 117 Å². The summed E-state index contributed by atoms with van der Waals surface area (Å²) in [4.78, 5) is 42.0. The summed E-state index contributed by atoms with van der Waals surface area (Å²) in [7, 11) is -2.38. The van der Waals surface area contributed by atoms with Gasteiger partial charge in [-0.05, 0) is 90.6 Å². The van der Waals surface area contributed by atoms with E-state index < -0.39 is 30.5 Å². The Balaban J connectivity index is 0.000000133. The second-order valence-electron chi connectivity index (χ2n) is 30.4. The zero-order valence-corrected chi connectivity index (χ0v) is 68.8. The second kappa shape index (κ2) is 34.6. The van der Waals surface area contributed by atoms with Crippen LogP contribution in [0.4, 0.5) is 17.5 Å². The van der Waals surface area contributed by atoms with Crippen LogP contribution in [-0.2, 0) is 50.1 Å². The van der Waals surface area contributed by atoms with E-state index in [4.69, 9.17) is 43.4 Å². The van der Waals surface area contributed by atoms with Crippen LogP contribution in [0, 0.1) is 34.0 Å². The molecule has 119 heavy (non-hydrogen) atoms. The standard InChI is InChI=1S/2C28H29N7O4S.C28H29N7O3S/c2*1-38-27-6-3-19(12-31-27)15-34-22-9-23(34)17-33(16-22)26-5-4-20(13-30-26)25-10-24(39-7-8-40(2,36)37)18-35-28(25)21(11-29)14-32-35;1-37-27-6-3-19(12-31-27)15-34-22-9-23(34)17-33(16-22)26-5-4-20(13-30-26)25-10-24(38-7-8-39(2)36)18-35-28(25)21(11-29)14-32-35/h2*3-6,10,12-14,18,22-23H,7-9,15-17H2,1-2H3;3-6,10,12-14,18,22-23H,7-9,15-17H2,1-2H3. The quantitative estimate of drug-likeness (QED) is 0.0470. The number of aromatic nitrogens is 12. The van der Waals surface area contributed by atoms with Gasteiger partial charge in [0.15, 0.2) is 19.7 Å². The third kappa shape index (κ3) is 18.0. The highest BCUT2D eigenvalue weighted by atomic mass is 32.2. The Kier molecular flexibility index (Phi) is 23.4. The highest BCUT2D eigenvalue weighted by Crippen LogP contribution is 2.42. The SMILES string of the molecule is COc1ccc(CN2C3CC2CN(c2ccc(-c4cc(OCCS(C)(=O)=O)cn5ncc(C#N)c45)cn2)C3)cn1.COc1ccc(CN2C3CC2CN(c2ccc(-c4cc(OCCS(C)(=O)=O)cn5ncc(C#N)c45)cn2)C3)cn1.COc1ccc(CN2C3CC2CN(c2ccc(-c4cc(OCCS(C)=O)cn5ncc(C#N)c45)cn2)C3)cn1. The number of rotatable bonds is 27. The van der Waals surface area contributed by atoms with Crippen LogP contribution in [0.15, 0.2) is 165 Å². The normalized spacial score (nSPS) is 19.0. The molecule has 21 rings (SSSR count). The molecule has 6 bridgehead atoms. The molecule has 12 aromatic rings. The van der Waals surface area contributed by atoms with Crippen molar-refractivity contribution in [1.29, 1.82) is 15.8 Å². The summed E-state index contributed by atoms with van der Waals surface area (Å²) in [5.41, 5.74) is 11.7. The van der Waals surface area contributed by atoms with E-state index in [2.05, 4.69) is 96.1 Å². The van der Waals surface area contributed by atoms with Crippen molar-refractivity contribution in [3.05, 3.63) is 199 Å². The first-order valence-electron chi connectivity index (χ1n) is 38.8. The van der Waals surface area contributed by atoms with Crippen LogP contribution in [0.3, 0.4) is 0 Å². The smallest absolute Gasteiger partial charge is 0.212 e. The van der Waals surface area contributed by atoms with Gasteiger partial charge in [0.2, 0.25) is 17.6 Å². The fraction of sp³-hybridized carbons (Fsp3) is 0.357. The fourth-order valence-electron chi connectivity index (χ4n) is 16.4. The van der Waals surface area contributed by atoms with Crippen LogP contribution >= 0.6 is 0 Å². The minimum atomic E-state index is -3.15. The summed E-state index contributed by atoms with van der Waals surface area (Å²) < 4.78 is 95.1. The van der Waals surface area contributed by atoms with Crippen LogP contribution in [0.25, 0.3) is 49.9 Å². The number of piperidine rings is 3. The van der Waals surface area contributed by atoms with Crippen molar-refractivity contribution in [3.8, 4) is 86.5 Å². The van der Waals surface area contributed by atoms with Crippen LogP contribution in [-0.4, -0.2) is 247 Å². The molecule has 9 aliphatic heterocycles. The van der Waals surface area contributed by atoms with Crippen molar-refractivity contribution < 1.29 is 49.5 Å². The molecule has 0 amide bonds. The van der Waals surface area contributed by atoms with Crippen LogP contribution < -0.4 is 43.1 Å². The van der Waals surface area contributed by atoms with Gasteiger partial charge in [-0.2, -0.15) is 31.1 Å². The maximum Gasteiger partial charge on any atom is 0.212 e. The number of anilines is 3. The minimum absolute atomic E-state index is 0.0244. The molecule has 0 spiro atoms. The highest BCUT2D eigenvalue weighted by Gasteiger charge is 2.47. The Labute approximate surface area is 690 Å². The number of methoxy groups -OCH3 is 3. The van der Waals surface area contributed by atoms with Crippen LogP contribution in [0.2, 0.25) is 0 Å². The molecule has 0 radical (unpaired) electrons. The number of nitrogens with zero attached hydrogens (tertiary/aromatic N) is 21. The van der Waals surface area contributed by atoms with Gasteiger partial charge in [0, 0.05) is 213 Å². The lowest BCUT2D eigenvalue weighted by molar-refractivity contribution is -0.00879. The number of sulfone groups is 2. The molecule has 9 aliphatic rings. The van der Waals surface area contributed by atoms with Gasteiger partial charge in [-0.25, -0.2) is 60.3 Å². The van der Waals surface area contributed by atoms with E-state index in [0.717, 1.165) is 110 Å². The molecule has 0 aliphatic carbocycles. The summed E-state index contributed by atoms with van der Waals surface area (Å²) in [5, 5.41) is 41.9. The van der Waals surface area contributed by atoms with Crippen molar-refractivity contribution in [2.45, 2.75) is 75.1 Å². The molecule has 21 heterocycles. The number of hydrogen-bond acceptors (Lipinski definition) is 29. The summed E-state index contributed by atoms with van der Waals surface area (Å²) >= 11 is 0. The largest absolute Gasteiger partial charge is 0.491 e. The van der Waals surface area contributed by atoms with E-state index in [1.54, 1.807) is 90.4 Å². The van der Waals surface area contributed by atoms with Gasteiger partial charge in [-0.3, -0.25) is 18.9 Å². The molecule has 612 valence electrons. The predicted molar refractivity (Wildman–Crippen MR) is 446 cm³/mol. The zero-order chi connectivity index (χ0) is 82.6. The average Bonchev–Trinajstić information content (AvgIpc) is 1.72. The monoisotopic (exact) mass is 1660 g/mol. The summed E-state index contributed by atoms with van der Waals surface area (Å²) in [6.45, 7) is 8.50. The predicted octanol–water partition coefficient (Wildman–Crippen LogP) is 8.01. The van der Waals surface area contributed by atoms with Crippen LogP contribution in [0.5, 0.6) is 34.9 Å². The van der Waals surface area contributed by atoms with Crippen molar-refractivity contribution in [3.63, 3.8) is 0 Å². The number of ether oxygens (including phenoxy) is 6. The first-order chi connectivity index (χ1) is 57.6. The van der Waals surface area contributed by atoms with Crippen molar-refractivity contribution in [2.75, 3.05) is 131 Å². The molecule has 9 fully saturated rings. The molecular weight excluding hydrogens is 1580 g/mol. The molecular formula is C84H87N21O11S3.